The molecule has 0 radical (unpaired) electrons. The van der Waals surface area contributed by atoms with Gasteiger partial charge in [-0.25, -0.2) is 0 Å². The molecule has 2 saturated carbocycles. The van der Waals surface area contributed by atoms with E-state index in [-0.39, 0.29) is 5.41 Å². The van der Waals surface area contributed by atoms with E-state index in [1.165, 1.54) is 38.5 Å². The van der Waals surface area contributed by atoms with Gasteiger partial charge in [-0.1, -0.05) is 46.0 Å². The Balaban J connectivity index is 2.04. The number of hydrogen-bond acceptors (Lipinski definition) is 1. The summed E-state index contributed by atoms with van der Waals surface area (Å²) in [5, 5.41) is 9.76. The molecule has 0 aromatic heterocycles. The zero-order chi connectivity index (χ0) is 13.2. The molecule has 0 aromatic rings. The molecule has 0 aliphatic heterocycles. The Kier molecular flexibility index (Phi) is 4.34. The van der Waals surface area contributed by atoms with E-state index >= 15 is 0 Å². The average Bonchev–Trinajstić information content (AvgIpc) is 2.95. The monoisotopic (exact) mass is 252 g/mol. The van der Waals surface area contributed by atoms with Gasteiger partial charge in [-0.3, -0.25) is 4.79 Å². The van der Waals surface area contributed by atoms with Crippen LogP contribution >= 0.6 is 0 Å². The van der Waals surface area contributed by atoms with Crippen molar-refractivity contribution in [3.05, 3.63) is 0 Å². The lowest BCUT2D eigenvalue weighted by Gasteiger charge is -2.36. The minimum atomic E-state index is -0.496. The van der Waals surface area contributed by atoms with Crippen LogP contribution in [0.3, 0.4) is 0 Å². The van der Waals surface area contributed by atoms with Crippen LogP contribution in [-0.4, -0.2) is 11.1 Å². The Bertz CT molecular complexity index is 299. The van der Waals surface area contributed by atoms with Crippen LogP contribution in [0, 0.1) is 23.2 Å². The second-order valence-corrected chi connectivity index (χ2v) is 6.66. The van der Waals surface area contributed by atoms with Crippen molar-refractivity contribution in [2.24, 2.45) is 23.2 Å². The molecule has 2 rings (SSSR count). The van der Waals surface area contributed by atoms with Crippen LogP contribution in [0.4, 0.5) is 0 Å². The van der Waals surface area contributed by atoms with Gasteiger partial charge in [-0.2, -0.15) is 0 Å². The highest BCUT2D eigenvalue weighted by atomic mass is 16.4. The maximum Gasteiger partial charge on any atom is 0.309 e. The first-order valence-corrected chi connectivity index (χ1v) is 7.85. The fourth-order valence-electron chi connectivity index (χ4n) is 4.50. The van der Waals surface area contributed by atoms with Crippen LogP contribution in [0.2, 0.25) is 0 Å². The number of aliphatic carboxylic acids is 1. The number of carboxylic acid groups (broad SMARTS) is 1. The second kappa shape index (κ2) is 5.63. The van der Waals surface area contributed by atoms with Crippen molar-refractivity contribution in [3.8, 4) is 0 Å². The number of fused-ring (bicyclic) bond motifs is 2. The molecule has 2 fully saturated rings. The maximum absolute atomic E-state index is 11.8. The Labute approximate surface area is 111 Å². The number of unbranched alkanes of at least 4 members (excludes halogenated alkanes) is 1. The van der Waals surface area contributed by atoms with Gasteiger partial charge in [0.2, 0.25) is 0 Å². The maximum atomic E-state index is 11.8. The standard InChI is InChI=1S/C16H28O2/c1-3-5-6-12(4-2)10-16(15(17)18)11-13-7-8-14(16)9-13/h12-14H,3-11H2,1-2H3,(H,17,18). The fourth-order valence-corrected chi connectivity index (χ4v) is 4.50. The van der Waals surface area contributed by atoms with E-state index in [9.17, 15) is 9.90 Å². The summed E-state index contributed by atoms with van der Waals surface area (Å²) in [6.07, 6.45) is 10.4. The molecule has 4 unspecified atom stereocenters. The van der Waals surface area contributed by atoms with E-state index in [1.807, 2.05) is 0 Å². The van der Waals surface area contributed by atoms with Crippen LogP contribution in [0.1, 0.15) is 71.6 Å². The normalized spacial score (nSPS) is 35.9. The highest BCUT2D eigenvalue weighted by Crippen LogP contribution is 2.59. The summed E-state index contributed by atoms with van der Waals surface area (Å²) in [5.41, 5.74) is -0.350. The Morgan fingerprint density at radius 3 is 2.61 bits per heavy atom. The van der Waals surface area contributed by atoms with Crippen molar-refractivity contribution in [2.75, 3.05) is 0 Å². The summed E-state index contributed by atoms with van der Waals surface area (Å²) in [4.78, 5) is 11.8. The van der Waals surface area contributed by atoms with E-state index in [0.29, 0.717) is 11.8 Å². The van der Waals surface area contributed by atoms with E-state index in [1.54, 1.807) is 0 Å². The molecule has 0 amide bonds. The molecule has 0 heterocycles. The zero-order valence-electron chi connectivity index (χ0n) is 12.0. The number of rotatable bonds is 7. The highest BCUT2D eigenvalue weighted by molar-refractivity contribution is 5.76. The second-order valence-electron chi connectivity index (χ2n) is 6.66. The summed E-state index contributed by atoms with van der Waals surface area (Å²) >= 11 is 0. The summed E-state index contributed by atoms with van der Waals surface area (Å²) in [5.74, 6) is 1.33. The lowest BCUT2D eigenvalue weighted by molar-refractivity contribution is -0.154. The quantitative estimate of drug-likeness (QED) is 0.725. The van der Waals surface area contributed by atoms with Gasteiger partial charge in [0.25, 0.3) is 0 Å². The first-order chi connectivity index (χ1) is 8.62. The van der Waals surface area contributed by atoms with E-state index in [2.05, 4.69) is 13.8 Å². The Hall–Kier alpha value is -0.530. The molecule has 2 aliphatic carbocycles. The summed E-state index contributed by atoms with van der Waals surface area (Å²) < 4.78 is 0. The van der Waals surface area contributed by atoms with Gasteiger partial charge in [-0.15, -0.1) is 0 Å². The van der Waals surface area contributed by atoms with E-state index < -0.39 is 5.97 Å². The van der Waals surface area contributed by atoms with Crippen LogP contribution in [-0.2, 0) is 4.79 Å². The van der Waals surface area contributed by atoms with Crippen molar-refractivity contribution in [1.82, 2.24) is 0 Å². The highest BCUT2D eigenvalue weighted by Gasteiger charge is 2.55. The first kappa shape index (κ1) is 13.9. The SMILES string of the molecule is CCCCC(CC)CC1(C(=O)O)CC2CCC1C2. The third-order valence-corrected chi connectivity index (χ3v) is 5.60. The fraction of sp³-hybridized carbons (Fsp3) is 0.938. The predicted octanol–water partition coefficient (Wildman–Crippen LogP) is 4.48. The third-order valence-electron chi connectivity index (χ3n) is 5.60. The number of carboxylic acids is 1. The molecular weight excluding hydrogens is 224 g/mol. The van der Waals surface area contributed by atoms with E-state index in [4.69, 9.17) is 0 Å². The van der Waals surface area contributed by atoms with Crippen molar-refractivity contribution >= 4 is 5.97 Å². The zero-order valence-corrected chi connectivity index (χ0v) is 12.0. The van der Waals surface area contributed by atoms with Gasteiger partial charge in [0, 0.05) is 0 Å². The minimum absolute atomic E-state index is 0.350. The first-order valence-electron chi connectivity index (χ1n) is 7.85. The van der Waals surface area contributed by atoms with Gasteiger partial charge < -0.3 is 5.11 Å². The molecule has 0 spiro atoms. The van der Waals surface area contributed by atoms with Gasteiger partial charge in [0.1, 0.15) is 0 Å². The lowest BCUT2D eigenvalue weighted by atomic mass is 9.67. The van der Waals surface area contributed by atoms with Crippen molar-refractivity contribution in [2.45, 2.75) is 71.6 Å². The van der Waals surface area contributed by atoms with Crippen LogP contribution in [0.15, 0.2) is 0 Å². The van der Waals surface area contributed by atoms with Crippen molar-refractivity contribution < 1.29 is 9.90 Å². The lowest BCUT2D eigenvalue weighted by Crippen LogP contribution is -2.38. The Morgan fingerprint density at radius 1 is 1.39 bits per heavy atom. The molecule has 104 valence electrons. The largest absolute Gasteiger partial charge is 0.481 e. The van der Waals surface area contributed by atoms with Crippen LogP contribution < -0.4 is 0 Å². The van der Waals surface area contributed by atoms with Gasteiger partial charge >= 0.3 is 5.97 Å². The molecule has 2 bridgehead atoms. The average molecular weight is 252 g/mol. The predicted molar refractivity (Wildman–Crippen MR) is 73.4 cm³/mol. The van der Waals surface area contributed by atoms with Crippen molar-refractivity contribution in [1.29, 1.82) is 0 Å². The molecule has 0 saturated heterocycles. The van der Waals surface area contributed by atoms with Gasteiger partial charge in [0.05, 0.1) is 5.41 Å². The molecule has 4 atom stereocenters. The topological polar surface area (TPSA) is 37.3 Å². The summed E-state index contributed by atoms with van der Waals surface area (Å²) in [7, 11) is 0. The molecule has 2 heteroatoms. The van der Waals surface area contributed by atoms with Gasteiger partial charge in [0.15, 0.2) is 0 Å². The number of hydrogen-bond donors (Lipinski definition) is 1. The number of carbonyl (C=O) groups is 1. The van der Waals surface area contributed by atoms with Crippen LogP contribution in [0.5, 0.6) is 0 Å². The molecule has 2 aliphatic rings. The van der Waals surface area contributed by atoms with Crippen molar-refractivity contribution in [3.63, 3.8) is 0 Å². The summed E-state index contributed by atoms with van der Waals surface area (Å²) in [6.45, 7) is 4.44. The minimum Gasteiger partial charge on any atom is -0.481 e. The molecular formula is C16H28O2. The molecule has 2 nitrogen and oxygen atoms in total. The third kappa shape index (κ3) is 2.44. The Morgan fingerprint density at radius 2 is 2.17 bits per heavy atom. The van der Waals surface area contributed by atoms with E-state index in [0.717, 1.165) is 25.2 Å². The van der Waals surface area contributed by atoms with Crippen LogP contribution in [0.25, 0.3) is 0 Å². The smallest absolute Gasteiger partial charge is 0.309 e. The molecule has 0 aromatic carbocycles. The molecule has 1 N–H and O–H groups in total. The summed E-state index contributed by atoms with van der Waals surface area (Å²) in [6, 6.07) is 0. The molecule has 18 heavy (non-hydrogen) atoms. The van der Waals surface area contributed by atoms with Gasteiger partial charge in [-0.05, 0) is 43.4 Å².